The van der Waals surface area contributed by atoms with E-state index in [2.05, 4.69) is 15.3 Å². The Morgan fingerprint density at radius 1 is 1.26 bits per heavy atom. The van der Waals surface area contributed by atoms with Gasteiger partial charge in [0.1, 0.15) is 0 Å². The third kappa shape index (κ3) is 4.10. The Hall–Kier alpha value is -1.81. The van der Waals surface area contributed by atoms with Crippen LogP contribution in [0.2, 0.25) is 5.02 Å². The quantitative estimate of drug-likeness (QED) is 0.824. The van der Waals surface area contributed by atoms with Gasteiger partial charge in [-0.15, -0.1) is 0 Å². The van der Waals surface area contributed by atoms with Crippen LogP contribution in [0.15, 0.2) is 30.5 Å². The molecule has 0 aliphatic rings. The van der Waals surface area contributed by atoms with Crippen molar-refractivity contribution in [2.24, 2.45) is 0 Å². The van der Waals surface area contributed by atoms with Crippen LogP contribution in [-0.4, -0.2) is 21.6 Å². The van der Waals surface area contributed by atoms with E-state index < -0.39 is 0 Å². The molecule has 0 atom stereocenters. The van der Waals surface area contributed by atoms with Crippen LogP contribution in [0, 0.1) is 6.92 Å². The predicted molar refractivity (Wildman–Crippen MR) is 76.7 cm³/mol. The first-order valence-electron chi connectivity index (χ1n) is 6.16. The van der Waals surface area contributed by atoms with E-state index in [0.29, 0.717) is 11.6 Å². The van der Waals surface area contributed by atoms with E-state index in [4.69, 9.17) is 11.6 Å². The van der Waals surface area contributed by atoms with E-state index in [1.165, 1.54) is 11.8 Å². The van der Waals surface area contributed by atoms with Gasteiger partial charge in [-0.3, -0.25) is 0 Å². The third-order valence-electron chi connectivity index (χ3n) is 2.79. The molecular formula is C14H16ClN3O. The molecule has 0 bridgehead atoms. The Morgan fingerprint density at radius 2 is 2.00 bits per heavy atom. The summed E-state index contributed by atoms with van der Waals surface area (Å²) in [5.74, 6) is 0.665. The number of halogens is 1. The van der Waals surface area contributed by atoms with E-state index in [-0.39, 0.29) is 5.75 Å². The summed E-state index contributed by atoms with van der Waals surface area (Å²) in [6, 6.07) is 7.86. The summed E-state index contributed by atoms with van der Waals surface area (Å²) in [4.78, 5) is 8.14. The molecule has 19 heavy (non-hydrogen) atoms. The average molecular weight is 278 g/mol. The highest BCUT2D eigenvalue weighted by Gasteiger charge is 2.00. The lowest BCUT2D eigenvalue weighted by molar-refractivity contribution is 0.464. The number of nitrogens with one attached hydrogen (secondary N) is 1. The smallest absolute Gasteiger partial charge is 0.223 e. The van der Waals surface area contributed by atoms with Gasteiger partial charge in [0.2, 0.25) is 5.95 Å². The molecule has 2 N–H and O–H groups in total. The highest BCUT2D eigenvalue weighted by atomic mass is 35.5. The van der Waals surface area contributed by atoms with Crippen LogP contribution < -0.4 is 5.32 Å². The van der Waals surface area contributed by atoms with Gasteiger partial charge in [0, 0.05) is 11.6 Å². The number of hydrogen-bond donors (Lipinski definition) is 2. The third-order valence-corrected chi connectivity index (χ3v) is 3.04. The van der Waals surface area contributed by atoms with E-state index in [1.54, 1.807) is 6.92 Å². The van der Waals surface area contributed by atoms with Crippen molar-refractivity contribution in [3.8, 4) is 5.75 Å². The zero-order chi connectivity index (χ0) is 13.7. The molecule has 0 unspecified atom stereocenters. The fourth-order valence-electron chi connectivity index (χ4n) is 1.69. The molecule has 0 aliphatic heterocycles. The van der Waals surface area contributed by atoms with E-state index in [0.717, 1.165) is 24.4 Å². The predicted octanol–water partition coefficient (Wildman–Crippen LogP) is 3.19. The lowest BCUT2D eigenvalue weighted by Gasteiger charge is -2.06. The van der Waals surface area contributed by atoms with Crippen LogP contribution >= 0.6 is 11.6 Å². The molecule has 0 spiro atoms. The van der Waals surface area contributed by atoms with Crippen LogP contribution in [0.3, 0.4) is 0 Å². The van der Waals surface area contributed by atoms with Crippen molar-refractivity contribution < 1.29 is 5.11 Å². The summed E-state index contributed by atoms with van der Waals surface area (Å²) >= 11 is 5.83. The molecule has 1 aromatic heterocycles. The van der Waals surface area contributed by atoms with Gasteiger partial charge in [-0.05, 0) is 37.5 Å². The number of nitrogens with zero attached hydrogens (tertiary/aromatic N) is 2. The second-order valence-corrected chi connectivity index (χ2v) is 4.76. The van der Waals surface area contributed by atoms with Gasteiger partial charge in [0.15, 0.2) is 5.75 Å². The maximum absolute atomic E-state index is 9.32. The van der Waals surface area contributed by atoms with Crippen LogP contribution in [-0.2, 0) is 6.42 Å². The van der Waals surface area contributed by atoms with Crippen molar-refractivity contribution in [1.82, 2.24) is 9.97 Å². The molecule has 0 fully saturated rings. The summed E-state index contributed by atoms with van der Waals surface area (Å²) in [5.41, 5.74) is 1.84. The molecule has 2 aromatic rings. The first kappa shape index (κ1) is 13.6. The summed E-state index contributed by atoms with van der Waals surface area (Å²) in [6.07, 6.45) is 3.36. The van der Waals surface area contributed by atoms with E-state index in [1.807, 2.05) is 24.3 Å². The highest BCUT2D eigenvalue weighted by molar-refractivity contribution is 6.30. The Kier molecular flexibility index (Phi) is 4.58. The van der Waals surface area contributed by atoms with Crippen LogP contribution in [0.1, 0.15) is 17.7 Å². The second kappa shape index (κ2) is 6.38. The minimum Gasteiger partial charge on any atom is -0.504 e. The summed E-state index contributed by atoms with van der Waals surface area (Å²) in [5, 5.41) is 13.2. The van der Waals surface area contributed by atoms with E-state index in [9.17, 15) is 5.11 Å². The summed E-state index contributed by atoms with van der Waals surface area (Å²) < 4.78 is 0. The van der Waals surface area contributed by atoms with E-state index >= 15 is 0 Å². The van der Waals surface area contributed by atoms with Crippen LogP contribution in [0.5, 0.6) is 5.75 Å². The lowest BCUT2D eigenvalue weighted by Crippen LogP contribution is -2.06. The molecule has 0 aliphatic carbocycles. The Balaban J connectivity index is 1.77. The Morgan fingerprint density at radius 3 is 2.68 bits per heavy atom. The number of hydrogen-bond acceptors (Lipinski definition) is 4. The monoisotopic (exact) mass is 277 g/mol. The van der Waals surface area contributed by atoms with Crippen molar-refractivity contribution in [2.45, 2.75) is 19.8 Å². The van der Waals surface area contributed by atoms with Gasteiger partial charge in [-0.25, -0.2) is 9.97 Å². The minimum atomic E-state index is 0.117. The molecule has 0 amide bonds. The number of aromatic hydroxyl groups is 1. The van der Waals surface area contributed by atoms with Crippen molar-refractivity contribution in [2.75, 3.05) is 11.9 Å². The van der Waals surface area contributed by atoms with Crippen molar-refractivity contribution in [3.63, 3.8) is 0 Å². The molecule has 1 heterocycles. The molecule has 2 rings (SSSR count). The number of rotatable bonds is 5. The molecule has 5 heteroatoms. The van der Waals surface area contributed by atoms with Crippen molar-refractivity contribution in [1.29, 1.82) is 0 Å². The molecule has 100 valence electrons. The molecular weight excluding hydrogens is 262 g/mol. The highest BCUT2D eigenvalue weighted by Crippen LogP contribution is 2.13. The number of anilines is 1. The minimum absolute atomic E-state index is 0.117. The van der Waals surface area contributed by atoms with Gasteiger partial charge in [0.25, 0.3) is 0 Å². The molecule has 0 radical (unpaired) electrons. The van der Waals surface area contributed by atoms with Gasteiger partial charge < -0.3 is 10.4 Å². The fraction of sp³-hybridized carbons (Fsp3) is 0.286. The zero-order valence-corrected chi connectivity index (χ0v) is 11.5. The van der Waals surface area contributed by atoms with Gasteiger partial charge >= 0.3 is 0 Å². The van der Waals surface area contributed by atoms with Gasteiger partial charge in [0.05, 0.1) is 11.9 Å². The Labute approximate surface area is 117 Å². The van der Waals surface area contributed by atoms with Gasteiger partial charge in [-0.1, -0.05) is 23.7 Å². The number of benzene rings is 1. The largest absolute Gasteiger partial charge is 0.504 e. The molecule has 1 aromatic carbocycles. The molecule has 4 nitrogen and oxygen atoms in total. The zero-order valence-electron chi connectivity index (χ0n) is 10.7. The normalized spacial score (nSPS) is 10.4. The van der Waals surface area contributed by atoms with Crippen LogP contribution in [0.4, 0.5) is 5.95 Å². The number of aryl methyl sites for hydroxylation is 2. The molecule has 0 saturated carbocycles. The SMILES string of the molecule is Cc1nc(NCCCc2ccc(Cl)cc2)ncc1O. The van der Waals surface area contributed by atoms with Gasteiger partial charge in [-0.2, -0.15) is 0 Å². The second-order valence-electron chi connectivity index (χ2n) is 4.32. The van der Waals surface area contributed by atoms with Crippen molar-refractivity contribution >= 4 is 17.5 Å². The topological polar surface area (TPSA) is 58.0 Å². The van der Waals surface area contributed by atoms with Crippen LogP contribution in [0.25, 0.3) is 0 Å². The lowest BCUT2D eigenvalue weighted by atomic mass is 10.1. The first-order chi connectivity index (χ1) is 9.15. The maximum Gasteiger partial charge on any atom is 0.223 e. The maximum atomic E-state index is 9.32. The summed E-state index contributed by atoms with van der Waals surface area (Å²) in [6.45, 7) is 2.53. The number of aromatic nitrogens is 2. The van der Waals surface area contributed by atoms with Crippen molar-refractivity contribution in [3.05, 3.63) is 46.7 Å². The molecule has 0 saturated heterocycles. The standard InChI is InChI=1S/C14H16ClN3O/c1-10-13(19)9-17-14(18-10)16-8-2-3-11-4-6-12(15)7-5-11/h4-7,9,19H,2-3,8H2,1H3,(H,16,17,18). The first-order valence-corrected chi connectivity index (χ1v) is 6.54. The average Bonchev–Trinajstić information content (AvgIpc) is 2.41. The fourth-order valence-corrected chi connectivity index (χ4v) is 1.82. The summed E-state index contributed by atoms with van der Waals surface area (Å²) in [7, 11) is 0. The Bertz CT molecular complexity index is 543.